The molecule has 4 rings (SSSR count). The van der Waals surface area contributed by atoms with Gasteiger partial charge in [-0.25, -0.2) is 0 Å². The molecule has 1 atom stereocenters. The summed E-state index contributed by atoms with van der Waals surface area (Å²) in [4.78, 5) is 1.16. The summed E-state index contributed by atoms with van der Waals surface area (Å²) in [6.45, 7) is 2.04. The van der Waals surface area contributed by atoms with Crippen molar-refractivity contribution in [1.82, 2.24) is 10.2 Å². The van der Waals surface area contributed by atoms with Gasteiger partial charge in [-0.05, 0) is 30.9 Å². The van der Waals surface area contributed by atoms with Crippen LogP contribution in [0.5, 0.6) is 5.88 Å². The first-order valence-corrected chi connectivity index (χ1v) is 9.71. The summed E-state index contributed by atoms with van der Waals surface area (Å²) in [6.07, 6.45) is 2.03. The minimum atomic E-state index is -0.329. The number of benzene rings is 2. The first-order valence-electron chi connectivity index (χ1n) is 8.49. The number of nitriles is 1. The molecule has 0 saturated carbocycles. The Bertz CT molecular complexity index is 1060. The highest BCUT2D eigenvalue weighted by molar-refractivity contribution is 7.98. The monoisotopic (exact) mass is 374 g/mol. The number of ether oxygens (including phenoxy) is 1. The number of nitrogens with zero attached hydrogens (tertiary/aromatic N) is 2. The number of aryl methyl sites for hydroxylation is 1. The van der Waals surface area contributed by atoms with Crippen LogP contribution < -0.4 is 10.5 Å². The molecule has 1 aliphatic rings. The van der Waals surface area contributed by atoms with Gasteiger partial charge >= 0.3 is 0 Å². The van der Waals surface area contributed by atoms with Crippen molar-refractivity contribution in [2.75, 3.05) is 6.26 Å². The molecule has 134 valence electrons. The predicted molar refractivity (Wildman–Crippen MR) is 106 cm³/mol. The third-order valence-electron chi connectivity index (χ3n) is 4.73. The smallest absolute Gasteiger partial charge is 0.244 e. The molecule has 0 amide bonds. The first-order chi connectivity index (χ1) is 13.1. The number of nitrogens with one attached hydrogen (secondary N) is 1. The minimum absolute atomic E-state index is 0.103. The van der Waals surface area contributed by atoms with Gasteiger partial charge in [0, 0.05) is 10.5 Å². The van der Waals surface area contributed by atoms with E-state index >= 15 is 0 Å². The number of hydrogen-bond acceptors (Lipinski definition) is 5. The van der Waals surface area contributed by atoms with Crippen LogP contribution in [0.3, 0.4) is 0 Å². The average molecular weight is 374 g/mol. The van der Waals surface area contributed by atoms with Gasteiger partial charge in [0.2, 0.25) is 11.8 Å². The maximum atomic E-state index is 9.75. The van der Waals surface area contributed by atoms with Crippen LogP contribution in [-0.4, -0.2) is 16.5 Å². The lowest BCUT2D eigenvalue weighted by Gasteiger charge is -2.24. The van der Waals surface area contributed by atoms with Crippen LogP contribution in [-0.2, 0) is 0 Å². The van der Waals surface area contributed by atoms with Crippen LogP contribution in [0.15, 0.2) is 64.9 Å². The maximum Gasteiger partial charge on any atom is 0.244 e. The molecule has 1 aliphatic heterocycles. The van der Waals surface area contributed by atoms with Gasteiger partial charge in [-0.15, -0.1) is 16.9 Å². The molecule has 27 heavy (non-hydrogen) atoms. The number of nitrogens with two attached hydrogens (primary N) is 1. The molecule has 2 heterocycles. The predicted octanol–water partition coefficient (Wildman–Crippen LogP) is 4.33. The van der Waals surface area contributed by atoms with Crippen LogP contribution in [0.4, 0.5) is 0 Å². The van der Waals surface area contributed by atoms with E-state index in [0.29, 0.717) is 11.5 Å². The van der Waals surface area contributed by atoms with Crippen molar-refractivity contribution in [1.29, 1.82) is 5.26 Å². The van der Waals surface area contributed by atoms with Crippen molar-refractivity contribution < 1.29 is 4.74 Å². The van der Waals surface area contributed by atoms with E-state index in [1.807, 2.05) is 61.7 Å². The third-order valence-corrected chi connectivity index (χ3v) is 5.47. The third kappa shape index (κ3) is 2.96. The van der Waals surface area contributed by atoms with Gasteiger partial charge in [-0.2, -0.15) is 5.26 Å². The summed E-state index contributed by atoms with van der Waals surface area (Å²) in [5.41, 5.74) is 11.2. The standard InChI is InChI=1S/C21H18N4OS/c1-12-3-5-14(6-4-12)19-18-17(13-7-9-15(27-2)10-8-13)16(11-22)20(23)26-21(18)25-24-19/h3-10,17H,23H2,1-2H3,(H,24,25)/t17-/m0/s1. The van der Waals surface area contributed by atoms with Crippen LogP contribution in [0.25, 0.3) is 11.3 Å². The van der Waals surface area contributed by atoms with Gasteiger partial charge in [-0.3, -0.25) is 5.10 Å². The van der Waals surface area contributed by atoms with Gasteiger partial charge < -0.3 is 10.5 Å². The first kappa shape index (κ1) is 17.3. The molecule has 2 aromatic carbocycles. The molecule has 0 aliphatic carbocycles. The van der Waals surface area contributed by atoms with Crippen molar-refractivity contribution in [2.45, 2.75) is 17.7 Å². The zero-order chi connectivity index (χ0) is 19.0. The molecule has 5 nitrogen and oxygen atoms in total. The van der Waals surface area contributed by atoms with Gasteiger partial charge in [0.25, 0.3) is 0 Å². The minimum Gasteiger partial charge on any atom is -0.420 e. The summed E-state index contributed by atoms with van der Waals surface area (Å²) >= 11 is 1.67. The largest absolute Gasteiger partial charge is 0.420 e. The number of hydrogen-bond donors (Lipinski definition) is 2. The normalized spacial score (nSPS) is 15.8. The molecule has 0 spiro atoms. The van der Waals surface area contributed by atoms with Crippen molar-refractivity contribution in [3.8, 4) is 23.2 Å². The summed E-state index contributed by atoms with van der Waals surface area (Å²) in [6, 6.07) is 18.5. The van der Waals surface area contributed by atoms with E-state index in [0.717, 1.165) is 27.3 Å². The van der Waals surface area contributed by atoms with Crippen LogP contribution in [0, 0.1) is 18.3 Å². The Balaban J connectivity index is 1.90. The second-order valence-electron chi connectivity index (χ2n) is 6.38. The van der Waals surface area contributed by atoms with Gasteiger partial charge in [0.05, 0.1) is 17.2 Å². The number of aromatic amines is 1. The molecule has 0 radical (unpaired) electrons. The summed E-state index contributed by atoms with van der Waals surface area (Å²) in [5.74, 6) is 0.191. The lowest BCUT2D eigenvalue weighted by atomic mass is 9.83. The highest BCUT2D eigenvalue weighted by Gasteiger charge is 2.35. The summed E-state index contributed by atoms with van der Waals surface area (Å²) in [7, 11) is 0. The second-order valence-corrected chi connectivity index (χ2v) is 7.26. The summed E-state index contributed by atoms with van der Waals surface area (Å²) < 4.78 is 5.65. The van der Waals surface area contributed by atoms with E-state index in [2.05, 4.69) is 16.3 Å². The lowest BCUT2D eigenvalue weighted by Crippen LogP contribution is -2.20. The fraction of sp³-hybridized carbons (Fsp3) is 0.143. The maximum absolute atomic E-state index is 9.75. The van der Waals surface area contributed by atoms with Gasteiger partial charge in [-0.1, -0.05) is 42.0 Å². The molecular formula is C21H18N4OS. The van der Waals surface area contributed by atoms with E-state index < -0.39 is 0 Å². The number of aromatic nitrogens is 2. The quantitative estimate of drug-likeness (QED) is 0.667. The molecule has 0 bridgehead atoms. The van der Waals surface area contributed by atoms with Gasteiger partial charge in [0.15, 0.2) is 0 Å². The molecule has 0 saturated heterocycles. The molecule has 1 aromatic heterocycles. The number of fused-ring (bicyclic) bond motifs is 1. The van der Waals surface area contributed by atoms with Gasteiger partial charge in [0.1, 0.15) is 11.6 Å². The lowest BCUT2D eigenvalue weighted by molar-refractivity contribution is 0.379. The highest BCUT2D eigenvalue weighted by atomic mass is 32.2. The Morgan fingerprint density at radius 2 is 1.85 bits per heavy atom. The van der Waals surface area contributed by atoms with Crippen molar-refractivity contribution in [3.63, 3.8) is 0 Å². The zero-order valence-electron chi connectivity index (χ0n) is 15.0. The zero-order valence-corrected chi connectivity index (χ0v) is 15.8. The molecule has 6 heteroatoms. The molecular weight excluding hydrogens is 356 g/mol. The number of rotatable bonds is 3. The molecule has 3 aromatic rings. The highest BCUT2D eigenvalue weighted by Crippen LogP contribution is 2.45. The molecule has 0 unspecified atom stereocenters. The van der Waals surface area contributed by atoms with E-state index in [1.165, 1.54) is 5.56 Å². The fourth-order valence-corrected chi connectivity index (χ4v) is 3.72. The Hall–Kier alpha value is -3.17. The molecule has 3 N–H and O–H groups in total. The molecule has 0 fully saturated rings. The SMILES string of the molecule is CSc1ccc([C@H]2C(C#N)=C(N)Oc3n[nH]c(-c4ccc(C)cc4)c32)cc1. The van der Waals surface area contributed by atoms with Crippen molar-refractivity contribution in [3.05, 3.63) is 76.7 Å². The topological polar surface area (TPSA) is 87.7 Å². The Morgan fingerprint density at radius 1 is 1.15 bits per heavy atom. The second kappa shape index (κ2) is 6.86. The van der Waals surface area contributed by atoms with E-state index in [1.54, 1.807) is 11.8 Å². The van der Waals surface area contributed by atoms with Crippen LogP contribution in [0.1, 0.15) is 22.6 Å². The average Bonchev–Trinajstić information content (AvgIpc) is 3.11. The Labute approximate surface area is 161 Å². The Morgan fingerprint density at radius 3 is 2.48 bits per heavy atom. The van der Waals surface area contributed by atoms with Crippen LogP contribution >= 0.6 is 11.8 Å². The van der Waals surface area contributed by atoms with Crippen LogP contribution in [0.2, 0.25) is 0 Å². The number of allylic oxidation sites excluding steroid dienone is 1. The fourth-order valence-electron chi connectivity index (χ4n) is 3.32. The van der Waals surface area contributed by atoms with E-state index in [9.17, 15) is 5.26 Å². The number of thioether (sulfide) groups is 1. The van der Waals surface area contributed by atoms with E-state index in [4.69, 9.17) is 10.5 Å². The Kier molecular flexibility index (Phi) is 4.38. The number of H-pyrrole nitrogens is 1. The van der Waals surface area contributed by atoms with Crippen molar-refractivity contribution in [2.24, 2.45) is 5.73 Å². The van der Waals surface area contributed by atoms with E-state index in [-0.39, 0.29) is 11.8 Å². The summed E-state index contributed by atoms with van der Waals surface area (Å²) in [5, 5.41) is 17.1. The van der Waals surface area contributed by atoms with Crippen molar-refractivity contribution >= 4 is 11.8 Å².